The summed E-state index contributed by atoms with van der Waals surface area (Å²) in [6.45, 7) is 4.14. The van der Waals surface area contributed by atoms with Crippen LogP contribution in [0.25, 0.3) is 11.2 Å². The Bertz CT molecular complexity index is 797. The van der Waals surface area contributed by atoms with Crippen molar-refractivity contribution in [2.45, 2.75) is 19.8 Å². The maximum atomic E-state index is 5.85. The van der Waals surface area contributed by atoms with Crippen molar-refractivity contribution in [3.63, 3.8) is 0 Å². The number of nitrogens with two attached hydrogens (primary N) is 2. The molecule has 1 atom stereocenters. The summed E-state index contributed by atoms with van der Waals surface area (Å²) in [7, 11) is 0. The zero-order chi connectivity index (χ0) is 15.0. The molecule has 0 spiro atoms. The normalized spacial score (nSPS) is 12.5. The molecule has 0 aliphatic carbocycles. The number of nitrogens with zero attached hydrogens (tertiary/aromatic N) is 4. The second-order valence-corrected chi connectivity index (χ2v) is 5.07. The minimum atomic E-state index is 0.105. The molecule has 3 rings (SSSR count). The highest BCUT2D eigenvalue weighted by atomic mass is 15.1. The molecule has 0 aliphatic rings. The fourth-order valence-corrected chi connectivity index (χ4v) is 2.19. The molecule has 0 aliphatic heterocycles. The number of aryl methyl sites for hydroxylation is 1. The van der Waals surface area contributed by atoms with E-state index in [1.54, 1.807) is 6.20 Å². The van der Waals surface area contributed by atoms with E-state index in [-0.39, 0.29) is 17.7 Å². The van der Waals surface area contributed by atoms with Crippen molar-refractivity contribution >= 4 is 22.9 Å². The van der Waals surface area contributed by atoms with Crippen molar-refractivity contribution in [1.29, 1.82) is 0 Å². The molecular weight excluding hydrogens is 264 g/mol. The number of anilines is 2. The van der Waals surface area contributed by atoms with E-state index >= 15 is 0 Å². The van der Waals surface area contributed by atoms with Gasteiger partial charge in [0.05, 0.1) is 11.9 Å². The summed E-state index contributed by atoms with van der Waals surface area (Å²) in [5.41, 5.74) is 15.5. The fourth-order valence-electron chi connectivity index (χ4n) is 2.19. The van der Waals surface area contributed by atoms with Gasteiger partial charge in [0.15, 0.2) is 17.0 Å². The monoisotopic (exact) mass is 280 g/mol. The van der Waals surface area contributed by atoms with Crippen LogP contribution < -0.4 is 11.5 Å². The molecule has 6 heteroatoms. The summed E-state index contributed by atoms with van der Waals surface area (Å²) in [5.74, 6) is 0.469. The molecule has 0 saturated carbocycles. The maximum Gasteiger partial charge on any atom is 0.224 e. The first-order valence-electron chi connectivity index (χ1n) is 6.67. The molecule has 0 amide bonds. The van der Waals surface area contributed by atoms with Gasteiger partial charge in [0.25, 0.3) is 0 Å². The van der Waals surface area contributed by atoms with Crippen LogP contribution in [0.2, 0.25) is 0 Å². The first kappa shape index (κ1) is 13.2. The zero-order valence-corrected chi connectivity index (χ0v) is 11.9. The summed E-state index contributed by atoms with van der Waals surface area (Å²) < 4.78 is 0. The van der Waals surface area contributed by atoms with Gasteiger partial charge in [-0.3, -0.25) is 0 Å². The first-order valence-corrected chi connectivity index (χ1v) is 6.67. The van der Waals surface area contributed by atoms with Crippen molar-refractivity contribution in [1.82, 2.24) is 19.9 Å². The second kappa shape index (κ2) is 4.97. The van der Waals surface area contributed by atoms with Crippen molar-refractivity contribution in [2.75, 3.05) is 11.5 Å². The van der Waals surface area contributed by atoms with Crippen LogP contribution in [0.4, 0.5) is 11.8 Å². The van der Waals surface area contributed by atoms with Crippen molar-refractivity contribution < 1.29 is 0 Å². The molecule has 1 unspecified atom stereocenters. The lowest BCUT2D eigenvalue weighted by Crippen LogP contribution is -2.06. The lowest BCUT2D eigenvalue weighted by atomic mass is 9.97. The number of benzene rings is 1. The highest BCUT2D eigenvalue weighted by Gasteiger charge is 2.13. The molecule has 4 N–H and O–H groups in total. The Morgan fingerprint density at radius 1 is 1.00 bits per heavy atom. The van der Waals surface area contributed by atoms with E-state index in [1.165, 1.54) is 11.1 Å². The Kier molecular flexibility index (Phi) is 3.13. The second-order valence-electron chi connectivity index (χ2n) is 5.07. The zero-order valence-electron chi connectivity index (χ0n) is 11.9. The SMILES string of the molecule is Cc1ccc(C(C)c2cnc3nc(N)nc(N)c3n2)cc1. The largest absolute Gasteiger partial charge is 0.382 e. The Hall–Kier alpha value is -2.76. The van der Waals surface area contributed by atoms with Crippen molar-refractivity contribution in [3.05, 3.63) is 47.3 Å². The van der Waals surface area contributed by atoms with Gasteiger partial charge in [0.2, 0.25) is 5.95 Å². The molecule has 0 saturated heterocycles. The highest BCUT2D eigenvalue weighted by Crippen LogP contribution is 2.24. The van der Waals surface area contributed by atoms with Gasteiger partial charge in [-0.1, -0.05) is 36.8 Å². The van der Waals surface area contributed by atoms with Crippen LogP contribution in [0, 0.1) is 6.92 Å². The van der Waals surface area contributed by atoms with Gasteiger partial charge in [-0.15, -0.1) is 0 Å². The molecule has 6 nitrogen and oxygen atoms in total. The molecule has 2 heterocycles. The number of fused-ring (bicyclic) bond motifs is 1. The molecule has 21 heavy (non-hydrogen) atoms. The summed E-state index contributed by atoms with van der Waals surface area (Å²) in [6.07, 6.45) is 1.71. The van der Waals surface area contributed by atoms with Crippen molar-refractivity contribution in [3.8, 4) is 0 Å². The minimum absolute atomic E-state index is 0.105. The standard InChI is InChI=1S/C15H16N6/c1-8-3-5-10(6-4-8)9(2)11-7-18-14-12(19-11)13(16)20-15(17)21-14/h3-7,9H,1-2H3,(H4,16,17,18,20,21). The van der Waals surface area contributed by atoms with Gasteiger partial charge in [-0.2, -0.15) is 9.97 Å². The van der Waals surface area contributed by atoms with Gasteiger partial charge in [0, 0.05) is 5.92 Å². The van der Waals surface area contributed by atoms with Crippen LogP contribution in [0.15, 0.2) is 30.5 Å². The molecule has 3 aromatic rings. The molecule has 1 aromatic carbocycles. The number of hydrogen-bond acceptors (Lipinski definition) is 6. The van der Waals surface area contributed by atoms with E-state index in [0.29, 0.717) is 11.2 Å². The fraction of sp³-hybridized carbons (Fsp3) is 0.200. The number of rotatable bonds is 2. The Labute approximate surface area is 122 Å². The third kappa shape index (κ3) is 2.47. The molecule has 0 fully saturated rings. The average molecular weight is 280 g/mol. The summed E-state index contributed by atoms with van der Waals surface area (Å²) >= 11 is 0. The quantitative estimate of drug-likeness (QED) is 0.744. The van der Waals surface area contributed by atoms with E-state index in [2.05, 4.69) is 58.0 Å². The van der Waals surface area contributed by atoms with Crippen LogP contribution in [-0.2, 0) is 0 Å². The number of aromatic nitrogens is 4. The molecule has 0 bridgehead atoms. The number of hydrogen-bond donors (Lipinski definition) is 2. The van der Waals surface area contributed by atoms with Crippen LogP contribution in [0.5, 0.6) is 0 Å². The summed E-state index contributed by atoms with van der Waals surface area (Å²) in [4.78, 5) is 16.8. The first-order chi connectivity index (χ1) is 10.0. The highest BCUT2D eigenvalue weighted by molar-refractivity contribution is 5.81. The molecule has 106 valence electrons. The molecular formula is C15H16N6. The predicted molar refractivity (Wildman–Crippen MR) is 82.6 cm³/mol. The Morgan fingerprint density at radius 2 is 1.71 bits per heavy atom. The van der Waals surface area contributed by atoms with E-state index in [0.717, 1.165) is 5.69 Å². The summed E-state index contributed by atoms with van der Waals surface area (Å²) in [5, 5.41) is 0. The van der Waals surface area contributed by atoms with Gasteiger partial charge >= 0.3 is 0 Å². The van der Waals surface area contributed by atoms with Crippen LogP contribution in [0.3, 0.4) is 0 Å². The smallest absolute Gasteiger partial charge is 0.224 e. The van der Waals surface area contributed by atoms with Gasteiger partial charge in [-0.05, 0) is 12.5 Å². The topological polar surface area (TPSA) is 104 Å². The van der Waals surface area contributed by atoms with Gasteiger partial charge in [0.1, 0.15) is 0 Å². The third-order valence-corrected chi connectivity index (χ3v) is 3.49. The summed E-state index contributed by atoms with van der Waals surface area (Å²) in [6, 6.07) is 8.35. The average Bonchev–Trinajstić information content (AvgIpc) is 2.47. The molecule has 2 aromatic heterocycles. The maximum absolute atomic E-state index is 5.85. The molecule has 0 radical (unpaired) electrons. The van der Waals surface area contributed by atoms with Crippen molar-refractivity contribution in [2.24, 2.45) is 0 Å². The minimum Gasteiger partial charge on any atom is -0.382 e. The van der Waals surface area contributed by atoms with Crippen LogP contribution in [0.1, 0.15) is 29.7 Å². The third-order valence-electron chi connectivity index (χ3n) is 3.49. The van der Waals surface area contributed by atoms with E-state index < -0.39 is 0 Å². The van der Waals surface area contributed by atoms with Gasteiger partial charge < -0.3 is 11.5 Å². The van der Waals surface area contributed by atoms with E-state index in [4.69, 9.17) is 11.5 Å². The van der Waals surface area contributed by atoms with E-state index in [1.807, 2.05) is 0 Å². The van der Waals surface area contributed by atoms with E-state index in [9.17, 15) is 0 Å². The number of nitrogen functional groups attached to an aromatic ring is 2. The van der Waals surface area contributed by atoms with Gasteiger partial charge in [-0.25, -0.2) is 9.97 Å². The lowest BCUT2D eigenvalue weighted by Gasteiger charge is -2.12. The van der Waals surface area contributed by atoms with Crippen LogP contribution >= 0.6 is 0 Å². The Balaban J connectivity index is 2.06. The Morgan fingerprint density at radius 3 is 2.43 bits per heavy atom. The van der Waals surface area contributed by atoms with Crippen LogP contribution in [-0.4, -0.2) is 19.9 Å². The predicted octanol–water partition coefficient (Wildman–Crippen LogP) is 2.04. The lowest BCUT2D eigenvalue weighted by molar-refractivity contribution is 0.867.